The van der Waals surface area contributed by atoms with Crippen molar-refractivity contribution in [2.75, 3.05) is 7.11 Å². The maximum absolute atomic E-state index is 12.6. The van der Waals surface area contributed by atoms with Gasteiger partial charge in [0.15, 0.2) is 0 Å². The summed E-state index contributed by atoms with van der Waals surface area (Å²) < 4.78 is 7.18. The number of amides is 1. The number of nitrogens with one attached hydrogen (secondary N) is 1. The number of aryl methyl sites for hydroxylation is 1. The Hall–Kier alpha value is -3.67. The average Bonchev–Trinajstić information content (AvgIpc) is 3.16. The Morgan fingerprint density at radius 2 is 1.79 bits per heavy atom. The molecule has 0 radical (unpaired) electrons. The van der Waals surface area contributed by atoms with Crippen LogP contribution >= 0.6 is 0 Å². The lowest BCUT2D eigenvalue weighted by molar-refractivity contribution is 0.0951. The Bertz CT molecular complexity index is 1170. The van der Waals surface area contributed by atoms with Crippen molar-refractivity contribution in [1.29, 1.82) is 0 Å². The number of ether oxygens (including phenoxy) is 1. The van der Waals surface area contributed by atoms with Gasteiger partial charge in [-0.05, 0) is 42.3 Å². The van der Waals surface area contributed by atoms with Crippen LogP contribution in [0.4, 0.5) is 0 Å². The molecule has 146 valence electrons. The predicted octanol–water partition coefficient (Wildman–Crippen LogP) is 3.73. The first kappa shape index (κ1) is 18.7. The van der Waals surface area contributed by atoms with Crippen LogP contribution in [0.3, 0.4) is 0 Å². The lowest BCUT2D eigenvalue weighted by atomic mass is 10.1. The normalized spacial score (nSPS) is 10.8. The molecule has 1 aromatic heterocycles. The molecular weight excluding hydrogens is 364 g/mol. The highest BCUT2D eigenvalue weighted by Crippen LogP contribution is 2.18. The van der Waals surface area contributed by atoms with Crippen molar-refractivity contribution in [3.8, 4) is 5.75 Å². The van der Waals surface area contributed by atoms with Crippen molar-refractivity contribution in [3.63, 3.8) is 0 Å². The zero-order valence-electron chi connectivity index (χ0n) is 16.4. The van der Waals surface area contributed by atoms with Crippen LogP contribution in [-0.4, -0.2) is 28.0 Å². The zero-order valence-corrected chi connectivity index (χ0v) is 16.4. The first-order chi connectivity index (χ1) is 14.2. The number of methoxy groups -OCH3 is 1. The summed E-state index contributed by atoms with van der Waals surface area (Å²) in [5, 5.41) is 11.4. The number of benzene rings is 3. The molecule has 0 saturated heterocycles. The van der Waals surface area contributed by atoms with Crippen LogP contribution < -0.4 is 10.1 Å². The van der Waals surface area contributed by atoms with Crippen LogP contribution in [0.1, 0.15) is 27.0 Å². The van der Waals surface area contributed by atoms with Gasteiger partial charge in [-0.15, -0.1) is 5.10 Å². The number of aromatic nitrogens is 3. The summed E-state index contributed by atoms with van der Waals surface area (Å²) in [6, 6.07) is 21.3. The van der Waals surface area contributed by atoms with E-state index in [0.717, 1.165) is 16.8 Å². The highest BCUT2D eigenvalue weighted by Gasteiger charge is 2.12. The van der Waals surface area contributed by atoms with E-state index in [1.807, 2.05) is 47.1 Å². The highest BCUT2D eigenvalue weighted by atomic mass is 16.5. The van der Waals surface area contributed by atoms with Gasteiger partial charge < -0.3 is 10.1 Å². The van der Waals surface area contributed by atoms with Crippen LogP contribution in [0.25, 0.3) is 11.0 Å². The molecule has 6 heteroatoms. The smallest absolute Gasteiger partial charge is 0.251 e. The molecule has 0 unspecified atom stereocenters. The van der Waals surface area contributed by atoms with Crippen molar-refractivity contribution < 1.29 is 9.53 Å². The minimum absolute atomic E-state index is 0.161. The van der Waals surface area contributed by atoms with Gasteiger partial charge in [-0.1, -0.05) is 47.7 Å². The summed E-state index contributed by atoms with van der Waals surface area (Å²) in [4.78, 5) is 12.6. The lowest BCUT2D eigenvalue weighted by Crippen LogP contribution is -2.23. The van der Waals surface area contributed by atoms with Crippen LogP contribution in [0.15, 0.2) is 66.7 Å². The molecule has 0 aliphatic carbocycles. The van der Waals surface area contributed by atoms with E-state index in [2.05, 4.69) is 34.7 Å². The molecule has 4 rings (SSSR count). The predicted molar refractivity (Wildman–Crippen MR) is 112 cm³/mol. The monoisotopic (exact) mass is 386 g/mol. The van der Waals surface area contributed by atoms with Crippen LogP contribution in [0.2, 0.25) is 0 Å². The standard InChI is InChI=1S/C23H22N4O2/c1-16-7-3-4-9-19(16)15-27-21-12-11-17(13-20(21)25-26-27)23(28)24-14-18-8-5-6-10-22(18)29-2/h3-13H,14-15H2,1-2H3,(H,24,28). The fraction of sp³-hybridized carbons (Fsp3) is 0.174. The number of hydrogen-bond acceptors (Lipinski definition) is 4. The van der Waals surface area contributed by atoms with E-state index < -0.39 is 0 Å². The highest BCUT2D eigenvalue weighted by molar-refractivity contribution is 5.97. The van der Waals surface area contributed by atoms with E-state index in [0.29, 0.717) is 24.2 Å². The van der Waals surface area contributed by atoms with Gasteiger partial charge in [0.1, 0.15) is 11.3 Å². The number of fused-ring (bicyclic) bond motifs is 1. The van der Waals surface area contributed by atoms with Crippen molar-refractivity contribution in [3.05, 3.63) is 89.0 Å². The van der Waals surface area contributed by atoms with E-state index in [1.165, 1.54) is 11.1 Å². The minimum Gasteiger partial charge on any atom is -0.496 e. The van der Waals surface area contributed by atoms with Gasteiger partial charge in [-0.3, -0.25) is 4.79 Å². The summed E-state index contributed by atoms with van der Waals surface area (Å²) in [7, 11) is 1.62. The fourth-order valence-corrected chi connectivity index (χ4v) is 3.31. The molecule has 1 N–H and O–H groups in total. The lowest BCUT2D eigenvalue weighted by Gasteiger charge is -2.10. The zero-order chi connectivity index (χ0) is 20.2. The molecule has 6 nitrogen and oxygen atoms in total. The number of carbonyl (C=O) groups is 1. The molecule has 0 bridgehead atoms. The Labute approximate surface area is 169 Å². The van der Waals surface area contributed by atoms with Gasteiger partial charge in [0, 0.05) is 17.7 Å². The van der Waals surface area contributed by atoms with E-state index in [-0.39, 0.29) is 5.91 Å². The first-order valence-electron chi connectivity index (χ1n) is 9.43. The second-order valence-corrected chi connectivity index (χ2v) is 6.87. The quantitative estimate of drug-likeness (QED) is 0.548. The summed E-state index contributed by atoms with van der Waals surface area (Å²) in [5.41, 5.74) is 5.48. The van der Waals surface area contributed by atoms with Crippen molar-refractivity contribution in [2.45, 2.75) is 20.0 Å². The van der Waals surface area contributed by atoms with Crippen molar-refractivity contribution in [1.82, 2.24) is 20.3 Å². The van der Waals surface area contributed by atoms with Crippen molar-refractivity contribution >= 4 is 16.9 Å². The number of hydrogen-bond donors (Lipinski definition) is 1. The fourth-order valence-electron chi connectivity index (χ4n) is 3.31. The maximum atomic E-state index is 12.6. The Kier molecular flexibility index (Phi) is 5.24. The molecular formula is C23H22N4O2. The summed E-state index contributed by atoms with van der Waals surface area (Å²) >= 11 is 0. The second kappa shape index (κ2) is 8.14. The third-order valence-corrected chi connectivity index (χ3v) is 4.99. The van der Waals surface area contributed by atoms with E-state index in [4.69, 9.17) is 4.74 Å². The summed E-state index contributed by atoms with van der Waals surface area (Å²) in [5.74, 6) is 0.591. The molecule has 4 aromatic rings. The topological polar surface area (TPSA) is 69.0 Å². The third kappa shape index (κ3) is 3.96. The molecule has 0 atom stereocenters. The molecule has 29 heavy (non-hydrogen) atoms. The number of para-hydroxylation sites is 1. The summed E-state index contributed by atoms with van der Waals surface area (Å²) in [6.07, 6.45) is 0. The first-order valence-corrected chi connectivity index (χ1v) is 9.43. The van der Waals surface area contributed by atoms with Gasteiger partial charge in [0.05, 0.1) is 19.2 Å². The molecule has 1 heterocycles. The SMILES string of the molecule is COc1ccccc1CNC(=O)c1ccc2c(c1)nnn2Cc1ccccc1C. The van der Waals surface area contributed by atoms with Crippen molar-refractivity contribution in [2.24, 2.45) is 0 Å². The molecule has 3 aromatic carbocycles. The number of carbonyl (C=O) groups excluding carboxylic acids is 1. The largest absolute Gasteiger partial charge is 0.496 e. The number of nitrogens with zero attached hydrogens (tertiary/aromatic N) is 3. The van der Waals surface area contributed by atoms with Crippen LogP contribution in [0.5, 0.6) is 5.75 Å². The average molecular weight is 386 g/mol. The Morgan fingerprint density at radius 1 is 1.03 bits per heavy atom. The van der Waals surface area contributed by atoms with Gasteiger partial charge in [0.2, 0.25) is 0 Å². The molecule has 0 fully saturated rings. The molecule has 1 amide bonds. The maximum Gasteiger partial charge on any atom is 0.251 e. The van der Waals surface area contributed by atoms with Gasteiger partial charge in [-0.2, -0.15) is 0 Å². The Morgan fingerprint density at radius 3 is 2.59 bits per heavy atom. The van der Waals surface area contributed by atoms with Gasteiger partial charge in [-0.25, -0.2) is 4.68 Å². The molecule has 0 aliphatic rings. The number of rotatable bonds is 6. The molecule has 0 saturated carbocycles. The van der Waals surface area contributed by atoms with E-state index in [9.17, 15) is 4.79 Å². The van der Waals surface area contributed by atoms with Gasteiger partial charge >= 0.3 is 0 Å². The third-order valence-electron chi connectivity index (χ3n) is 4.99. The molecule has 0 aliphatic heterocycles. The van der Waals surface area contributed by atoms with Gasteiger partial charge in [0.25, 0.3) is 5.91 Å². The van der Waals surface area contributed by atoms with Crippen LogP contribution in [-0.2, 0) is 13.1 Å². The minimum atomic E-state index is -0.161. The summed E-state index contributed by atoms with van der Waals surface area (Å²) in [6.45, 7) is 3.11. The molecule has 0 spiro atoms. The van der Waals surface area contributed by atoms with E-state index >= 15 is 0 Å². The Balaban J connectivity index is 1.50. The van der Waals surface area contributed by atoms with Crippen LogP contribution in [0, 0.1) is 6.92 Å². The van der Waals surface area contributed by atoms with E-state index in [1.54, 1.807) is 19.2 Å². The second-order valence-electron chi connectivity index (χ2n) is 6.87.